The van der Waals surface area contributed by atoms with Gasteiger partial charge < -0.3 is 10.2 Å². The van der Waals surface area contributed by atoms with Crippen molar-refractivity contribution in [2.75, 3.05) is 11.9 Å². The summed E-state index contributed by atoms with van der Waals surface area (Å²) in [5.41, 5.74) is -0.178. The molecule has 0 aliphatic heterocycles. The van der Waals surface area contributed by atoms with Crippen molar-refractivity contribution in [2.45, 2.75) is 0 Å². The third kappa shape index (κ3) is 4.25. The molecule has 0 bridgehead atoms. The van der Waals surface area contributed by atoms with Gasteiger partial charge in [0.1, 0.15) is 23.9 Å². The summed E-state index contributed by atoms with van der Waals surface area (Å²) in [6.07, 6.45) is 0.736. The molecule has 0 aliphatic rings. The Morgan fingerprint density at radius 2 is 2.35 bits per heavy atom. The molecule has 0 fully saturated rings. The highest BCUT2D eigenvalue weighted by molar-refractivity contribution is 6.31. The minimum absolute atomic E-state index is 0.178. The number of nitrogens with one attached hydrogen (secondary N) is 1. The summed E-state index contributed by atoms with van der Waals surface area (Å²) >= 11 is 0. The van der Waals surface area contributed by atoms with Crippen LogP contribution < -0.4 is 5.32 Å². The summed E-state index contributed by atoms with van der Waals surface area (Å²) in [7, 11) is 0. The Morgan fingerprint density at radius 3 is 3.00 bits per heavy atom. The van der Waals surface area contributed by atoms with Gasteiger partial charge in [-0.15, -0.1) is 0 Å². The fourth-order valence-electron chi connectivity index (χ4n) is 0.907. The number of carbonyl (C=O) groups excluding carboxylic acids is 1. The minimum Gasteiger partial charge on any atom is -0.380 e. The summed E-state index contributed by atoms with van der Waals surface area (Å²) in [4.78, 5) is 15.5. The molecule has 1 N–H and O–H groups in total. The minimum atomic E-state index is -0.898. The lowest BCUT2D eigenvalue weighted by molar-refractivity contribution is -0.110. The van der Waals surface area contributed by atoms with Crippen molar-refractivity contribution in [3.63, 3.8) is 0 Å². The molecule has 1 aromatic carbocycles. The molecule has 5 nitrogen and oxygen atoms in total. The number of oxime groups is 1. The first kappa shape index (κ1) is 12.6. The number of rotatable bonds is 4. The first-order valence-corrected chi connectivity index (χ1v) is 4.42. The lowest BCUT2D eigenvalue weighted by Crippen LogP contribution is -2.14. The molecule has 0 atom stereocenters. The van der Waals surface area contributed by atoms with Crippen LogP contribution in [-0.2, 0) is 9.63 Å². The number of anilines is 1. The van der Waals surface area contributed by atoms with Crippen molar-refractivity contribution in [3.8, 4) is 6.07 Å². The Balaban J connectivity index is 2.57. The normalized spacial score (nSPS) is 9.94. The SMILES string of the molecule is N#CCO/N=C/C(=O)Nc1ccc(F)cc1F. The van der Waals surface area contributed by atoms with Gasteiger partial charge in [-0.1, -0.05) is 5.16 Å². The van der Waals surface area contributed by atoms with Gasteiger partial charge in [-0.3, -0.25) is 4.79 Å². The summed E-state index contributed by atoms with van der Waals surface area (Å²) in [6.45, 7) is -0.297. The first-order valence-electron chi connectivity index (χ1n) is 4.42. The average molecular weight is 239 g/mol. The highest BCUT2D eigenvalue weighted by Crippen LogP contribution is 2.14. The van der Waals surface area contributed by atoms with Crippen LogP contribution in [0.4, 0.5) is 14.5 Å². The van der Waals surface area contributed by atoms with Gasteiger partial charge in [0.15, 0.2) is 0 Å². The Bertz CT molecular complexity index is 483. The van der Waals surface area contributed by atoms with E-state index < -0.39 is 17.5 Å². The third-order valence-corrected chi connectivity index (χ3v) is 1.56. The fourth-order valence-corrected chi connectivity index (χ4v) is 0.907. The van der Waals surface area contributed by atoms with Gasteiger partial charge in [0.25, 0.3) is 5.91 Å². The van der Waals surface area contributed by atoms with Gasteiger partial charge in [-0.2, -0.15) is 5.26 Å². The van der Waals surface area contributed by atoms with Gasteiger partial charge in [-0.25, -0.2) is 8.78 Å². The zero-order chi connectivity index (χ0) is 12.7. The van der Waals surface area contributed by atoms with Crippen molar-refractivity contribution in [1.82, 2.24) is 0 Å². The number of carbonyl (C=O) groups is 1. The van der Waals surface area contributed by atoms with E-state index in [1.165, 1.54) is 0 Å². The molecular formula is C10H7F2N3O2. The molecule has 0 saturated carbocycles. The van der Waals surface area contributed by atoms with Crippen LogP contribution in [0.3, 0.4) is 0 Å². The molecule has 0 heterocycles. The molecular weight excluding hydrogens is 232 g/mol. The maximum atomic E-state index is 13.1. The second-order valence-corrected chi connectivity index (χ2v) is 2.78. The molecule has 7 heteroatoms. The van der Waals surface area contributed by atoms with E-state index in [-0.39, 0.29) is 12.3 Å². The van der Waals surface area contributed by atoms with E-state index in [2.05, 4.69) is 15.3 Å². The summed E-state index contributed by atoms with van der Waals surface area (Å²) in [5.74, 6) is -2.40. The van der Waals surface area contributed by atoms with Crippen molar-refractivity contribution < 1.29 is 18.4 Å². The number of benzene rings is 1. The van der Waals surface area contributed by atoms with Crippen LogP contribution in [-0.4, -0.2) is 18.7 Å². The van der Waals surface area contributed by atoms with Crippen molar-refractivity contribution in [3.05, 3.63) is 29.8 Å². The standard InChI is InChI=1S/C10H7F2N3O2/c11-7-1-2-9(8(12)5-7)15-10(16)6-14-17-4-3-13/h1-2,5-6H,4H2,(H,15,16)/b14-6+. The van der Waals surface area contributed by atoms with E-state index in [9.17, 15) is 13.6 Å². The number of nitrogens with zero attached hydrogens (tertiary/aromatic N) is 2. The quantitative estimate of drug-likeness (QED) is 0.490. The largest absolute Gasteiger partial charge is 0.380 e. The van der Waals surface area contributed by atoms with Gasteiger partial charge in [0.05, 0.1) is 5.69 Å². The van der Waals surface area contributed by atoms with Crippen LogP contribution in [0.15, 0.2) is 23.4 Å². The van der Waals surface area contributed by atoms with E-state index in [1.54, 1.807) is 6.07 Å². The van der Waals surface area contributed by atoms with Crippen LogP contribution in [0.2, 0.25) is 0 Å². The monoisotopic (exact) mass is 239 g/mol. The van der Waals surface area contributed by atoms with E-state index in [0.717, 1.165) is 18.3 Å². The molecule has 1 aromatic rings. The molecule has 17 heavy (non-hydrogen) atoms. The van der Waals surface area contributed by atoms with Crippen LogP contribution in [0.1, 0.15) is 0 Å². The second kappa shape index (κ2) is 6.17. The Kier molecular flexibility index (Phi) is 4.57. The predicted molar refractivity (Wildman–Crippen MR) is 55.0 cm³/mol. The van der Waals surface area contributed by atoms with Crippen LogP contribution in [0, 0.1) is 23.0 Å². The first-order chi connectivity index (χ1) is 8.13. The predicted octanol–water partition coefficient (Wildman–Crippen LogP) is 1.43. The average Bonchev–Trinajstić information content (AvgIpc) is 2.28. The van der Waals surface area contributed by atoms with E-state index in [0.29, 0.717) is 6.07 Å². The molecule has 0 radical (unpaired) electrons. The molecule has 0 spiro atoms. The number of halogens is 2. The number of hydrogen-bond donors (Lipinski definition) is 1. The number of amides is 1. The highest BCUT2D eigenvalue weighted by atomic mass is 19.1. The van der Waals surface area contributed by atoms with Crippen molar-refractivity contribution >= 4 is 17.8 Å². The molecule has 0 aromatic heterocycles. The van der Waals surface area contributed by atoms with Gasteiger partial charge in [0.2, 0.25) is 6.61 Å². The summed E-state index contributed by atoms with van der Waals surface area (Å²) in [6, 6.07) is 4.35. The lowest BCUT2D eigenvalue weighted by Gasteiger charge is -2.02. The van der Waals surface area contributed by atoms with Gasteiger partial charge in [-0.05, 0) is 12.1 Å². The van der Waals surface area contributed by atoms with Gasteiger partial charge in [0, 0.05) is 6.07 Å². The number of nitriles is 1. The molecule has 88 valence electrons. The molecule has 0 saturated heterocycles. The smallest absolute Gasteiger partial charge is 0.270 e. The van der Waals surface area contributed by atoms with Gasteiger partial charge >= 0.3 is 0 Å². The Labute approximate surface area is 95.3 Å². The zero-order valence-electron chi connectivity index (χ0n) is 8.48. The van der Waals surface area contributed by atoms with Crippen LogP contribution >= 0.6 is 0 Å². The maximum Gasteiger partial charge on any atom is 0.270 e. The molecule has 1 amide bonds. The van der Waals surface area contributed by atoms with Crippen LogP contribution in [0.5, 0.6) is 0 Å². The second-order valence-electron chi connectivity index (χ2n) is 2.78. The van der Waals surface area contributed by atoms with Crippen LogP contribution in [0.25, 0.3) is 0 Å². The Morgan fingerprint density at radius 1 is 1.59 bits per heavy atom. The highest BCUT2D eigenvalue weighted by Gasteiger charge is 2.06. The lowest BCUT2D eigenvalue weighted by atomic mass is 10.3. The van der Waals surface area contributed by atoms with E-state index in [1.807, 2.05) is 0 Å². The molecule has 0 unspecified atom stereocenters. The summed E-state index contributed by atoms with van der Waals surface area (Å²) in [5, 5.41) is 13.4. The molecule has 0 aliphatic carbocycles. The summed E-state index contributed by atoms with van der Waals surface area (Å²) < 4.78 is 25.6. The van der Waals surface area contributed by atoms with E-state index in [4.69, 9.17) is 5.26 Å². The maximum absolute atomic E-state index is 13.1. The van der Waals surface area contributed by atoms with Crippen molar-refractivity contribution in [2.24, 2.45) is 5.16 Å². The van der Waals surface area contributed by atoms with Crippen molar-refractivity contribution in [1.29, 1.82) is 5.26 Å². The molecule has 1 rings (SSSR count). The van der Waals surface area contributed by atoms with E-state index >= 15 is 0 Å². The topological polar surface area (TPSA) is 74.5 Å². The third-order valence-electron chi connectivity index (χ3n) is 1.56. The fraction of sp³-hybridized carbons (Fsp3) is 0.100. The Hall–Kier alpha value is -2.49. The number of hydrogen-bond acceptors (Lipinski definition) is 4. The zero-order valence-corrected chi connectivity index (χ0v) is 8.48.